The first-order valence-corrected chi connectivity index (χ1v) is 9.11. The molecule has 3 heterocycles. The molecular formula is C16H20ClN3OS. The normalized spacial score (nSPS) is 24.5. The number of nitrogens with zero attached hydrogens (tertiary/aromatic N) is 3. The van der Waals surface area contributed by atoms with E-state index in [9.17, 15) is 5.11 Å². The highest BCUT2D eigenvalue weighted by molar-refractivity contribution is 7.22. The molecule has 2 saturated heterocycles. The van der Waals surface area contributed by atoms with Crippen LogP contribution < -0.4 is 4.90 Å². The molecule has 6 heteroatoms. The van der Waals surface area contributed by atoms with Crippen molar-refractivity contribution in [1.82, 2.24) is 9.88 Å². The molecule has 4 nitrogen and oxygen atoms in total. The van der Waals surface area contributed by atoms with Crippen molar-refractivity contribution in [2.24, 2.45) is 0 Å². The maximum atomic E-state index is 9.69. The quantitative estimate of drug-likeness (QED) is 0.914. The summed E-state index contributed by atoms with van der Waals surface area (Å²) >= 11 is 7.79. The molecule has 1 atom stereocenters. The van der Waals surface area contributed by atoms with E-state index in [1.807, 2.05) is 18.2 Å². The van der Waals surface area contributed by atoms with Gasteiger partial charge in [0.2, 0.25) is 0 Å². The van der Waals surface area contributed by atoms with Crippen molar-refractivity contribution in [2.45, 2.75) is 31.4 Å². The highest BCUT2D eigenvalue weighted by atomic mass is 35.5. The van der Waals surface area contributed by atoms with Crippen molar-refractivity contribution < 1.29 is 5.11 Å². The molecule has 118 valence electrons. The molecule has 1 aromatic heterocycles. The summed E-state index contributed by atoms with van der Waals surface area (Å²) in [6, 6.07) is 6.52. The third kappa shape index (κ3) is 2.83. The van der Waals surface area contributed by atoms with E-state index < -0.39 is 0 Å². The highest BCUT2D eigenvalue weighted by Crippen LogP contribution is 2.33. The molecule has 2 aliphatic rings. The topological polar surface area (TPSA) is 39.6 Å². The van der Waals surface area contributed by atoms with Crippen molar-refractivity contribution in [3.63, 3.8) is 0 Å². The maximum absolute atomic E-state index is 9.69. The van der Waals surface area contributed by atoms with Gasteiger partial charge in [0.15, 0.2) is 5.13 Å². The number of benzene rings is 1. The number of anilines is 1. The standard InChI is InChI=1S/C16H20ClN3OS/c17-11-1-2-14-15(9-11)22-16(18-14)19-6-3-12(4-7-19)20-8-5-13(21)10-20/h1-2,9,12-13,21H,3-8,10H2/t13-/m1/s1. The Morgan fingerprint density at radius 2 is 2.00 bits per heavy atom. The second-order valence-electron chi connectivity index (χ2n) is 6.26. The van der Waals surface area contributed by atoms with Crippen LogP contribution in [0.25, 0.3) is 10.2 Å². The van der Waals surface area contributed by atoms with Crippen LogP contribution in [0.15, 0.2) is 18.2 Å². The van der Waals surface area contributed by atoms with Gasteiger partial charge in [0, 0.05) is 37.2 Å². The van der Waals surface area contributed by atoms with Gasteiger partial charge in [-0.25, -0.2) is 4.98 Å². The summed E-state index contributed by atoms with van der Waals surface area (Å²) in [5.41, 5.74) is 1.04. The number of halogens is 1. The Labute approximate surface area is 139 Å². The van der Waals surface area contributed by atoms with Crippen LogP contribution in [-0.2, 0) is 0 Å². The number of likely N-dealkylation sites (tertiary alicyclic amines) is 1. The smallest absolute Gasteiger partial charge is 0.186 e. The van der Waals surface area contributed by atoms with Crippen LogP contribution in [-0.4, -0.2) is 53.3 Å². The number of hydrogen-bond acceptors (Lipinski definition) is 5. The zero-order chi connectivity index (χ0) is 15.1. The number of piperidine rings is 1. The molecule has 0 amide bonds. The van der Waals surface area contributed by atoms with Crippen LogP contribution in [0.2, 0.25) is 5.02 Å². The molecule has 0 aliphatic carbocycles. The van der Waals surface area contributed by atoms with Crippen LogP contribution in [0.3, 0.4) is 0 Å². The second kappa shape index (κ2) is 5.96. The first-order chi connectivity index (χ1) is 10.7. The van der Waals surface area contributed by atoms with Gasteiger partial charge in [-0.3, -0.25) is 4.90 Å². The molecule has 2 fully saturated rings. The summed E-state index contributed by atoms with van der Waals surface area (Å²) in [6.07, 6.45) is 3.12. The zero-order valence-corrected chi connectivity index (χ0v) is 14.0. The predicted molar refractivity (Wildman–Crippen MR) is 92.1 cm³/mol. The molecular weight excluding hydrogens is 318 g/mol. The summed E-state index contributed by atoms with van der Waals surface area (Å²) in [7, 11) is 0. The number of rotatable bonds is 2. The minimum Gasteiger partial charge on any atom is -0.392 e. The third-order valence-electron chi connectivity index (χ3n) is 4.79. The minimum atomic E-state index is -0.118. The van der Waals surface area contributed by atoms with Crippen molar-refractivity contribution in [3.05, 3.63) is 23.2 Å². The van der Waals surface area contributed by atoms with Gasteiger partial charge >= 0.3 is 0 Å². The SMILES string of the molecule is O[C@@H]1CCN(C2CCN(c3nc4ccc(Cl)cc4s3)CC2)C1. The van der Waals surface area contributed by atoms with Gasteiger partial charge < -0.3 is 10.0 Å². The molecule has 0 unspecified atom stereocenters. The number of thiazole rings is 1. The van der Waals surface area contributed by atoms with E-state index in [0.29, 0.717) is 6.04 Å². The lowest BCUT2D eigenvalue weighted by Crippen LogP contribution is -2.44. The molecule has 1 N–H and O–H groups in total. The minimum absolute atomic E-state index is 0.118. The number of aliphatic hydroxyl groups is 1. The van der Waals surface area contributed by atoms with Gasteiger partial charge in [0.05, 0.1) is 16.3 Å². The fraction of sp³-hybridized carbons (Fsp3) is 0.562. The summed E-state index contributed by atoms with van der Waals surface area (Å²) in [6.45, 7) is 3.99. The van der Waals surface area contributed by atoms with E-state index in [0.717, 1.165) is 65.8 Å². The third-order valence-corrected chi connectivity index (χ3v) is 6.10. The zero-order valence-electron chi connectivity index (χ0n) is 12.4. The monoisotopic (exact) mass is 337 g/mol. The van der Waals surface area contributed by atoms with E-state index in [-0.39, 0.29) is 6.10 Å². The maximum Gasteiger partial charge on any atom is 0.186 e. The fourth-order valence-electron chi connectivity index (χ4n) is 3.54. The Kier molecular flexibility index (Phi) is 3.98. The first-order valence-electron chi connectivity index (χ1n) is 7.92. The Morgan fingerprint density at radius 1 is 1.18 bits per heavy atom. The second-order valence-corrected chi connectivity index (χ2v) is 7.71. The van der Waals surface area contributed by atoms with E-state index >= 15 is 0 Å². The summed E-state index contributed by atoms with van der Waals surface area (Å²) in [5.74, 6) is 0. The predicted octanol–water partition coefficient (Wildman–Crippen LogP) is 2.99. The van der Waals surface area contributed by atoms with Crippen LogP contribution in [0.1, 0.15) is 19.3 Å². The number of aliphatic hydroxyl groups excluding tert-OH is 1. The molecule has 0 radical (unpaired) electrons. The van der Waals surface area contributed by atoms with Crippen molar-refractivity contribution in [1.29, 1.82) is 0 Å². The number of hydrogen-bond donors (Lipinski definition) is 1. The summed E-state index contributed by atoms with van der Waals surface area (Å²) in [5, 5.41) is 11.6. The van der Waals surface area contributed by atoms with Gasteiger partial charge in [-0.05, 0) is 37.5 Å². The molecule has 0 saturated carbocycles. The van der Waals surface area contributed by atoms with Crippen LogP contribution in [0.4, 0.5) is 5.13 Å². The van der Waals surface area contributed by atoms with Crippen LogP contribution in [0, 0.1) is 0 Å². The number of β-amino-alcohol motifs (C(OH)–C–C–N with tert-alkyl or cyclic N) is 1. The van der Waals surface area contributed by atoms with E-state index in [4.69, 9.17) is 16.6 Å². The fourth-order valence-corrected chi connectivity index (χ4v) is 4.84. The van der Waals surface area contributed by atoms with Gasteiger partial charge in [0.1, 0.15) is 0 Å². The van der Waals surface area contributed by atoms with Crippen molar-refractivity contribution in [2.75, 3.05) is 31.1 Å². The Balaban J connectivity index is 1.44. The van der Waals surface area contributed by atoms with Crippen molar-refractivity contribution >= 4 is 38.3 Å². The highest BCUT2D eigenvalue weighted by Gasteiger charge is 2.30. The van der Waals surface area contributed by atoms with Gasteiger partial charge in [-0.15, -0.1) is 0 Å². The first kappa shape index (κ1) is 14.7. The largest absolute Gasteiger partial charge is 0.392 e. The van der Waals surface area contributed by atoms with Crippen molar-refractivity contribution in [3.8, 4) is 0 Å². The lowest BCUT2D eigenvalue weighted by atomic mass is 10.0. The Hall–Kier alpha value is -0.880. The Morgan fingerprint density at radius 3 is 2.73 bits per heavy atom. The lowest BCUT2D eigenvalue weighted by molar-refractivity contribution is 0.148. The molecule has 4 rings (SSSR count). The summed E-state index contributed by atoms with van der Waals surface area (Å²) < 4.78 is 1.16. The molecule has 0 spiro atoms. The molecule has 22 heavy (non-hydrogen) atoms. The average Bonchev–Trinajstić information content (AvgIpc) is 3.13. The van der Waals surface area contributed by atoms with Gasteiger partial charge in [-0.1, -0.05) is 22.9 Å². The van der Waals surface area contributed by atoms with Gasteiger partial charge in [-0.2, -0.15) is 0 Å². The van der Waals surface area contributed by atoms with Gasteiger partial charge in [0.25, 0.3) is 0 Å². The summed E-state index contributed by atoms with van der Waals surface area (Å²) in [4.78, 5) is 9.59. The van der Waals surface area contributed by atoms with E-state index in [1.165, 1.54) is 0 Å². The number of aromatic nitrogens is 1. The number of fused-ring (bicyclic) bond motifs is 1. The molecule has 0 bridgehead atoms. The molecule has 1 aromatic carbocycles. The molecule has 2 aliphatic heterocycles. The van der Waals surface area contributed by atoms with E-state index in [2.05, 4.69) is 9.80 Å². The van der Waals surface area contributed by atoms with Crippen LogP contribution >= 0.6 is 22.9 Å². The molecule has 2 aromatic rings. The lowest BCUT2D eigenvalue weighted by Gasteiger charge is -2.36. The van der Waals surface area contributed by atoms with E-state index in [1.54, 1.807) is 11.3 Å². The van der Waals surface area contributed by atoms with Crippen LogP contribution in [0.5, 0.6) is 0 Å². The Bertz CT molecular complexity index is 668. The average molecular weight is 338 g/mol.